The van der Waals surface area contributed by atoms with E-state index in [0.29, 0.717) is 11.1 Å². The monoisotopic (exact) mass is 509 g/mol. The zero-order valence-electron chi connectivity index (χ0n) is 20.6. The first-order valence-corrected chi connectivity index (χ1v) is 12.1. The highest BCUT2D eigenvalue weighted by molar-refractivity contribution is 5.97. The van der Waals surface area contributed by atoms with Crippen LogP contribution in [0.1, 0.15) is 28.0 Å². The van der Waals surface area contributed by atoms with Gasteiger partial charge < -0.3 is 14.7 Å². The molecule has 5 rings (SSSR count). The Balaban J connectivity index is 1.50. The van der Waals surface area contributed by atoms with Crippen molar-refractivity contribution in [3.05, 3.63) is 89.8 Å². The van der Waals surface area contributed by atoms with Gasteiger partial charge in [-0.15, -0.1) is 0 Å². The molecule has 0 amide bonds. The molecule has 1 aliphatic heterocycles. The first-order valence-electron chi connectivity index (χ1n) is 12.1. The number of aromatic nitrogens is 3. The fraction of sp³-hybridized carbons (Fsp3) is 0.207. The van der Waals surface area contributed by atoms with Crippen molar-refractivity contribution in [1.29, 1.82) is 5.26 Å². The molecule has 8 nitrogen and oxygen atoms in total. The summed E-state index contributed by atoms with van der Waals surface area (Å²) in [5, 5.41) is 19.4. The number of nitriles is 1. The number of hydrogen-bond donors (Lipinski definition) is 1. The van der Waals surface area contributed by atoms with Crippen LogP contribution in [0, 0.1) is 17.1 Å². The molecule has 0 radical (unpaired) electrons. The molecule has 2 aromatic carbocycles. The Bertz CT molecular complexity index is 1550. The molecule has 0 saturated carbocycles. The van der Waals surface area contributed by atoms with Crippen molar-refractivity contribution in [3.63, 3.8) is 0 Å². The number of methoxy groups -OCH3 is 1. The van der Waals surface area contributed by atoms with Crippen LogP contribution in [-0.2, 0) is 6.42 Å². The van der Waals surface area contributed by atoms with Gasteiger partial charge in [-0.3, -0.25) is 9.78 Å². The number of aliphatic hydroxyl groups excluding tert-OH is 1. The van der Waals surface area contributed by atoms with Gasteiger partial charge in [-0.1, -0.05) is 18.2 Å². The molecule has 1 saturated heterocycles. The van der Waals surface area contributed by atoms with E-state index in [2.05, 4.69) is 25.9 Å². The molecular formula is C29H24FN5O3. The summed E-state index contributed by atoms with van der Waals surface area (Å²) in [6, 6.07) is 15.4. The number of ether oxygens (including phenoxy) is 1. The van der Waals surface area contributed by atoms with E-state index in [0.717, 1.165) is 29.8 Å². The lowest BCUT2D eigenvalue weighted by molar-refractivity contribution is 0.0988. The number of ketones is 1. The van der Waals surface area contributed by atoms with E-state index in [1.807, 2.05) is 18.2 Å². The molecule has 9 heteroatoms. The quantitative estimate of drug-likeness (QED) is 0.352. The summed E-state index contributed by atoms with van der Waals surface area (Å²) in [5.74, 6) is -0.484. The lowest BCUT2D eigenvalue weighted by Crippen LogP contribution is -2.50. The minimum atomic E-state index is -0.549. The van der Waals surface area contributed by atoms with Crippen LogP contribution in [0.3, 0.4) is 0 Å². The van der Waals surface area contributed by atoms with Crippen molar-refractivity contribution in [3.8, 4) is 34.3 Å². The van der Waals surface area contributed by atoms with Gasteiger partial charge in [-0.2, -0.15) is 5.26 Å². The Kier molecular flexibility index (Phi) is 7.07. The summed E-state index contributed by atoms with van der Waals surface area (Å²) in [7, 11) is 1.43. The van der Waals surface area contributed by atoms with Crippen LogP contribution < -0.4 is 9.64 Å². The number of carbonyl (C=O) groups is 1. The second kappa shape index (κ2) is 10.7. The molecule has 1 fully saturated rings. The number of pyridine rings is 1. The molecule has 0 unspecified atom stereocenters. The van der Waals surface area contributed by atoms with Crippen LogP contribution in [0.5, 0.6) is 5.75 Å². The van der Waals surface area contributed by atoms with E-state index in [1.165, 1.54) is 31.5 Å². The number of Topliss-reactive ketones (excluding diaryl/α,β-unsaturated/α-hetero) is 1. The second-order valence-electron chi connectivity index (χ2n) is 8.88. The van der Waals surface area contributed by atoms with Gasteiger partial charge >= 0.3 is 0 Å². The normalized spacial score (nSPS) is 14.5. The van der Waals surface area contributed by atoms with Crippen molar-refractivity contribution in [1.82, 2.24) is 15.0 Å². The van der Waals surface area contributed by atoms with Crippen molar-refractivity contribution < 1.29 is 19.0 Å². The van der Waals surface area contributed by atoms with Crippen LogP contribution in [0.25, 0.3) is 22.5 Å². The van der Waals surface area contributed by atoms with Gasteiger partial charge in [0.1, 0.15) is 17.3 Å². The van der Waals surface area contributed by atoms with Crippen molar-refractivity contribution in [2.24, 2.45) is 0 Å². The summed E-state index contributed by atoms with van der Waals surface area (Å²) in [6.07, 6.45) is 5.51. The summed E-state index contributed by atoms with van der Waals surface area (Å²) >= 11 is 0. The Morgan fingerprint density at radius 2 is 2.11 bits per heavy atom. The van der Waals surface area contributed by atoms with Gasteiger partial charge in [0.05, 0.1) is 37.0 Å². The number of halogens is 1. The molecule has 4 aromatic rings. The topological polar surface area (TPSA) is 112 Å². The standard InChI is InChI=1S/C29H24FN5O3/c1-38-27-4-2-3-23(30)28(27)29-33-11-8-24(34-29)26(37)14-19-6-5-18(22-16-32-10-7-20(22)15-31)13-25(19)35-12-9-21(35)17-36/h2-8,10-11,13,16,21,36H,9,12,14,17H2,1H3/t21-/m1/s1. The van der Waals surface area contributed by atoms with Gasteiger partial charge in [0.15, 0.2) is 11.6 Å². The van der Waals surface area contributed by atoms with Crippen LogP contribution >= 0.6 is 0 Å². The van der Waals surface area contributed by atoms with E-state index in [4.69, 9.17) is 4.74 Å². The third-order valence-corrected chi connectivity index (χ3v) is 6.71. The number of rotatable bonds is 8. The highest BCUT2D eigenvalue weighted by Gasteiger charge is 2.30. The lowest BCUT2D eigenvalue weighted by atomic mass is 9.94. The first-order chi connectivity index (χ1) is 18.5. The summed E-state index contributed by atoms with van der Waals surface area (Å²) in [6.45, 7) is 0.729. The molecular weight excluding hydrogens is 485 g/mol. The van der Waals surface area contributed by atoms with Crippen molar-refractivity contribution in [2.75, 3.05) is 25.2 Å². The highest BCUT2D eigenvalue weighted by Crippen LogP contribution is 2.35. The number of benzene rings is 2. The largest absolute Gasteiger partial charge is 0.496 e. The maximum atomic E-state index is 14.6. The Morgan fingerprint density at radius 1 is 1.24 bits per heavy atom. The van der Waals surface area contributed by atoms with E-state index in [-0.39, 0.29) is 47.7 Å². The van der Waals surface area contributed by atoms with Gasteiger partial charge in [0.25, 0.3) is 0 Å². The molecule has 3 heterocycles. The van der Waals surface area contributed by atoms with Crippen LogP contribution in [0.15, 0.2) is 67.1 Å². The molecule has 38 heavy (non-hydrogen) atoms. The van der Waals surface area contributed by atoms with E-state index in [9.17, 15) is 19.6 Å². The molecule has 0 spiro atoms. The predicted molar refractivity (Wildman–Crippen MR) is 139 cm³/mol. The molecule has 190 valence electrons. The SMILES string of the molecule is COc1cccc(F)c1-c1nccc(C(=O)Cc2ccc(-c3cnccc3C#N)cc2N2CC[C@@H]2CO)n1. The highest BCUT2D eigenvalue weighted by atomic mass is 19.1. The van der Waals surface area contributed by atoms with Gasteiger partial charge in [-0.25, -0.2) is 14.4 Å². The minimum Gasteiger partial charge on any atom is -0.496 e. The fourth-order valence-electron chi connectivity index (χ4n) is 4.61. The lowest BCUT2D eigenvalue weighted by Gasteiger charge is -2.43. The molecule has 2 aromatic heterocycles. The Morgan fingerprint density at radius 3 is 2.84 bits per heavy atom. The minimum absolute atomic E-state index is 0.00625. The predicted octanol–water partition coefficient (Wildman–Crippen LogP) is 4.22. The van der Waals surface area contributed by atoms with E-state index >= 15 is 0 Å². The van der Waals surface area contributed by atoms with Crippen molar-refractivity contribution in [2.45, 2.75) is 18.9 Å². The molecule has 1 N–H and O–H groups in total. The summed E-state index contributed by atoms with van der Waals surface area (Å²) in [5.41, 5.74) is 3.77. The smallest absolute Gasteiger partial charge is 0.185 e. The molecule has 0 bridgehead atoms. The molecule has 1 aliphatic rings. The number of aliphatic hydroxyl groups is 1. The van der Waals surface area contributed by atoms with Crippen LogP contribution in [-0.4, -0.2) is 52.1 Å². The third kappa shape index (κ3) is 4.69. The fourth-order valence-corrected chi connectivity index (χ4v) is 4.61. The number of carbonyl (C=O) groups excluding carboxylic acids is 1. The Labute approximate surface area is 219 Å². The number of nitrogens with zero attached hydrogens (tertiary/aromatic N) is 5. The van der Waals surface area contributed by atoms with Gasteiger partial charge in [-0.05, 0) is 47.9 Å². The average molecular weight is 510 g/mol. The maximum absolute atomic E-state index is 14.6. The first kappa shape index (κ1) is 25.0. The number of anilines is 1. The molecule has 0 aliphatic carbocycles. The van der Waals surface area contributed by atoms with E-state index in [1.54, 1.807) is 24.5 Å². The molecule has 1 atom stereocenters. The number of hydrogen-bond acceptors (Lipinski definition) is 8. The average Bonchev–Trinajstić information content (AvgIpc) is 2.93. The maximum Gasteiger partial charge on any atom is 0.185 e. The van der Waals surface area contributed by atoms with Gasteiger partial charge in [0, 0.05) is 42.8 Å². The van der Waals surface area contributed by atoms with Crippen molar-refractivity contribution >= 4 is 11.5 Å². The summed E-state index contributed by atoms with van der Waals surface area (Å²) in [4.78, 5) is 28.1. The Hall–Kier alpha value is -4.68. The second-order valence-corrected chi connectivity index (χ2v) is 8.88. The van der Waals surface area contributed by atoms with Crippen LogP contribution in [0.4, 0.5) is 10.1 Å². The zero-order valence-corrected chi connectivity index (χ0v) is 20.6. The van der Waals surface area contributed by atoms with Gasteiger partial charge in [0.2, 0.25) is 0 Å². The van der Waals surface area contributed by atoms with E-state index < -0.39 is 5.82 Å². The van der Waals surface area contributed by atoms with Crippen LogP contribution in [0.2, 0.25) is 0 Å². The summed E-state index contributed by atoms with van der Waals surface area (Å²) < 4.78 is 19.9. The zero-order chi connectivity index (χ0) is 26.6. The third-order valence-electron chi connectivity index (χ3n) is 6.71.